The average Bonchev–Trinajstić information content (AvgIpc) is 1.94. The highest BCUT2D eigenvalue weighted by atomic mass is 16.1. The molecule has 3 nitrogen and oxygen atoms in total. The number of hydrogen-bond acceptors (Lipinski definition) is 2. The van der Waals surface area contributed by atoms with Crippen LogP contribution in [0, 0.1) is 0 Å². The first-order chi connectivity index (χ1) is 6.47. The minimum absolute atomic E-state index is 0.108. The highest BCUT2D eigenvalue weighted by Crippen LogP contribution is 2.17. The molecule has 0 unspecified atom stereocenters. The Balaban J connectivity index is 2.03. The molecule has 0 aliphatic heterocycles. The number of rotatable bonds is 4. The van der Waals surface area contributed by atoms with Gasteiger partial charge in [0.05, 0.1) is 0 Å². The molecule has 1 aliphatic rings. The standard InChI is InChI=1S/C11H22N2O/c1-11(2,3)12-8-7-10(14)13-9-5-4-6-9/h9,12H,4-8H2,1-3H3,(H,13,14). The third-order valence-electron chi connectivity index (χ3n) is 2.48. The van der Waals surface area contributed by atoms with Crippen molar-refractivity contribution in [2.24, 2.45) is 0 Å². The molecule has 0 radical (unpaired) electrons. The molecule has 1 fully saturated rings. The number of nitrogens with one attached hydrogen (secondary N) is 2. The second-order valence-corrected chi connectivity index (χ2v) is 5.12. The Morgan fingerprint density at radius 2 is 2.00 bits per heavy atom. The molecule has 1 aliphatic carbocycles. The maximum atomic E-state index is 11.4. The van der Waals surface area contributed by atoms with Crippen molar-refractivity contribution < 1.29 is 4.79 Å². The highest BCUT2D eigenvalue weighted by molar-refractivity contribution is 5.76. The van der Waals surface area contributed by atoms with Crippen LogP contribution in [-0.4, -0.2) is 24.0 Å². The number of carbonyl (C=O) groups excluding carboxylic acids is 1. The summed E-state index contributed by atoms with van der Waals surface area (Å²) < 4.78 is 0. The minimum atomic E-state index is 0.108. The monoisotopic (exact) mass is 198 g/mol. The topological polar surface area (TPSA) is 41.1 Å². The van der Waals surface area contributed by atoms with Gasteiger partial charge in [-0.2, -0.15) is 0 Å². The van der Waals surface area contributed by atoms with Gasteiger partial charge in [-0.15, -0.1) is 0 Å². The molecule has 1 amide bonds. The summed E-state index contributed by atoms with van der Waals surface area (Å²) in [5.41, 5.74) is 0.108. The Morgan fingerprint density at radius 3 is 2.43 bits per heavy atom. The van der Waals surface area contributed by atoms with Crippen molar-refractivity contribution in [3.8, 4) is 0 Å². The van der Waals surface area contributed by atoms with Crippen LogP contribution in [0.1, 0.15) is 46.5 Å². The van der Waals surface area contributed by atoms with Crippen LogP contribution in [0.4, 0.5) is 0 Å². The van der Waals surface area contributed by atoms with E-state index in [9.17, 15) is 4.79 Å². The second-order valence-electron chi connectivity index (χ2n) is 5.12. The molecule has 0 spiro atoms. The third kappa shape index (κ3) is 4.61. The van der Waals surface area contributed by atoms with Crippen molar-refractivity contribution >= 4 is 5.91 Å². The summed E-state index contributed by atoms with van der Waals surface area (Å²) in [7, 11) is 0. The van der Waals surface area contributed by atoms with Gasteiger partial charge in [-0.25, -0.2) is 0 Å². The van der Waals surface area contributed by atoms with Crippen molar-refractivity contribution in [3.63, 3.8) is 0 Å². The van der Waals surface area contributed by atoms with Gasteiger partial charge in [-0.3, -0.25) is 4.79 Å². The number of hydrogen-bond donors (Lipinski definition) is 2. The first kappa shape index (κ1) is 11.5. The van der Waals surface area contributed by atoms with Gasteiger partial charge < -0.3 is 10.6 Å². The van der Waals surface area contributed by atoms with Crippen LogP contribution in [0.2, 0.25) is 0 Å². The number of amides is 1. The molecule has 0 aromatic rings. The summed E-state index contributed by atoms with van der Waals surface area (Å²) in [5, 5.41) is 6.32. The van der Waals surface area contributed by atoms with E-state index >= 15 is 0 Å². The zero-order valence-electron chi connectivity index (χ0n) is 9.52. The van der Waals surface area contributed by atoms with Crippen LogP contribution >= 0.6 is 0 Å². The van der Waals surface area contributed by atoms with E-state index in [1.165, 1.54) is 19.3 Å². The fourth-order valence-corrected chi connectivity index (χ4v) is 1.40. The first-order valence-corrected chi connectivity index (χ1v) is 5.52. The summed E-state index contributed by atoms with van der Waals surface area (Å²) in [6.45, 7) is 7.09. The molecule has 0 aromatic carbocycles. The lowest BCUT2D eigenvalue weighted by Gasteiger charge is -2.27. The molecule has 82 valence electrons. The van der Waals surface area contributed by atoms with Crippen molar-refractivity contribution in [2.75, 3.05) is 6.54 Å². The van der Waals surface area contributed by atoms with Crippen LogP contribution < -0.4 is 10.6 Å². The van der Waals surface area contributed by atoms with Gasteiger partial charge in [0.1, 0.15) is 0 Å². The predicted octanol–water partition coefficient (Wildman–Crippen LogP) is 1.43. The summed E-state index contributed by atoms with van der Waals surface area (Å²) >= 11 is 0. The molecule has 0 aromatic heterocycles. The number of carbonyl (C=O) groups is 1. The third-order valence-corrected chi connectivity index (χ3v) is 2.48. The van der Waals surface area contributed by atoms with Gasteiger partial charge in [0.2, 0.25) is 5.91 Å². The van der Waals surface area contributed by atoms with Crippen LogP contribution in [0.3, 0.4) is 0 Å². The first-order valence-electron chi connectivity index (χ1n) is 5.52. The smallest absolute Gasteiger partial charge is 0.221 e. The normalized spacial score (nSPS) is 17.6. The van der Waals surface area contributed by atoms with Crippen molar-refractivity contribution in [2.45, 2.75) is 58.0 Å². The molecule has 0 bridgehead atoms. The quantitative estimate of drug-likeness (QED) is 0.717. The fraction of sp³-hybridized carbons (Fsp3) is 0.909. The Hall–Kier alpha value is -0.570. The van der Waals surface area contributed by atoms with Crippen molar-refractivity contribution in [1.82, 2.24) is 10.6 Å². The average molecular weight is 198 g/mol. The maximum Gasteiger partial charge on any atom is 0.221 e. The zero-order chi connectivity index (χ0) is 10.6. The minimum Gasteiger partial charge on any atom is -0.353 e. The zero-order valence-corrected chi connectivity index (χ0v) is 9.52. The van der Waals surface area contributed by atoms with Crippen LogP contribution in [0.5, 0.6) is 0 Å². The van der Waals surface area contributed by atoms with E-state index in [2.05, 4.69) is 31.4 Å². The lowest BCUT2D eigenvalue weighted by Crippen LogP contribution is -2.42. The van der Waals surface area contributed by atoms with E-state index in [1.807, 2.05) is 0 Å². The summed E-state index contributed by atoms with van der Waals surface area (Å²) in [5.74, 6) is 0.187. The van der Waals surface area contributed by atoms with Crippen LogP contribution in [-0.2, 0) is 4.79 Å². The molecule has 14 heavy (non-hydrogen) atoms. The van der Waals surface area contributed by atoms with Gasteiger partial charge in [-0.05, 0) is 40.0 Å². The molecule has 2 N–H and O–H groups in total. The van der Waals surface area contributed by atoms with Gasteiger partial charge in [0.25, 0.3) is 0 Å². The summed E-state index contributed by atoms with van der Waals surface area (Å²) in [6, 6.07) is 0.470. The van der Waals surface area contributed by atoms with E-state index in [0.29, 0.717) is 12.5 Å². The van der Waals surface area contributed by atoms with Crippen molar-refractivity contribution in [1.29, 1.82) is 0 Å². The summed E-state index contributed by atoms with van der Waals surface area (Å²) in [4.78, 5) is 11.4. The molecule has 0 atom stereocenters. The van der Waals surface area contributed by atoms with E-state index in [1.54, 1.807) is 0 Å². The largest absolute Gasteiger partial charge is 0.353 e. The van der Waals surface area contributed by atoms with Gasteiger partial charge >= 0.3 is 0 Å². The predicted molar refractivity (Wildman–Crippen MR) is 58.2 cm³/mol. The van der Waals surface area contributed by atoms with E-state index < -0.39 is 0 Å². The lowest BCUT2D eigenvalue weighted by molar-refractivity contribution is -0.122. The Kier molecular flexibility index (Phi) is 3.93. The maximum absolute atomic E-state index is 11.4. The molecular formula is C11H22N2O. The van der Waals surface area contributed by atoms with E-state index in [4.69, 9.17) is 0 Å². The Morgan fingerprint density at radius 1 is 1.36 bits per heavy atom. The van der Waals surface area contributed by atoms with Crippen LogP contribution in [0.15, 0.2) is 0 Å². The van der Waals surface area contributed by atoms with E-state index in [0.717, 1.165) is 6.54 Å². The molecule has 1 saturated carbocycles. The fourth-order valence-electron chi connectivity index (χ4n) is 1.40. The van der Waals surface area contributed by atoms with Gasteiger partial charge in [0.15, 0.2) is 0 Å². The highest BCUT2D eigenvalue weighted by Gasteiger charge is 2.19. The molecule has 3 heteroatoms. The molecule has 0 heterocycles. The molecule has 0 saturated heterocycles. The second kappa shape index (κ2) is 4.78. The lowest BCUT2D eigenvalue weighted by atomic mass is 9.93. The SMILES string of the molecule is CC(C)(C)NCCC(=O)NC1CCC1. The van der Waals surface area contributed by atoms with Crippen LogP contribution in [0.25, 0.3) is 0 Å². The Bertz CT molecular complexity index is 192. The van der Waals surface area contributed by atoms with Gasteiger partial charge in [-0.1, -0.05) is 0 Å². The molecule has 1 rings (SSSR count). The summed E-state index contributed by atoms with van der Waals surface area (Å²) in [6.07, 6.45) is 4.19. The van der Waals surface area contributed by atoms with E-state index in [-0.39, 0.29) is 11.4 Å². The van der Waals surface area contributed by atoms with Crippen molar-refractivity contribution in [3.05, 3.63) is 0 Å². The van der Waals surface area contributed by atoms with Gasteiger partial charge in [0, 0.05) is 24.5 Å². The Labute approximate surface area is 86.6 Å². The molecular weight excluding hydrogens is 176 g/mol.